The molecule has 0 aliphatic rings. The van der Waals surface area contributed by atoms with Crippen LogP contribution in [-0.2, 0) is 13.0 Å². The summed E-state index contributed by atoms with van der Waals surface area (Å²) < 4.78 is 6.39. The number of ether oxygens (including phenoxy) is 1. The molecular formula is C17H20BrClN4O. The van der Waals surface area contributed by atoms with E-state index < -0.39 is 0 Å². The second-order valence-corrected chi connectivity index (χ2v) is 6.35. The van der Waals surface area contributed by atoms with Gasteiger partial charge in [0.2, 0.25) is 0 Å². The summed E-state index contributed by atoms with van der Waals surface area (Å²) in [6.45, 7) is 1.36. The molecule has 0 radical (unpaired) electrons. The van der Waals surface area contributed by atoms with Crippen LogP contribution in [0.15, 0.2) is 46.0 Å². The van der Waals surface area contributed by atoms with Crippen molar-refractivity contribution in [1.82, 2.24) is 15.6 Å². The first kappa shape index (κ1) is 18.5. The molecule has 0 saturated heterocycles. The van der Waals surface area contributed by atoms with Crippen molar-refractivity contribution in [3.8, 4) is 5.75 Å². The van der Waals surface area contributed by atoms with Crippen LogP contribution in [0.5, 0.6) is 5.75 Å². The number of aromatic nitrogens is 1. The van der Waals surface area contributed by atoms with Crippen molar-refractivity contribution in [2.24, 2.45) is 4.99 Å². The second kappa shape index (κ2) is 9.49. The Morgan fingerprint density at radius 3 is 2.79 bits per heavy atom. The van der Waals surface area contributed by atoms with Gasteiger partial charge in [-0.2, -0.15) is 0 Å². The van der Waals surface area contributed by atoms with E-state index in [1.54, 1.807) is 26.4 Å². The maximum atomic E-state index is 5.78. The van der Waals surface area contributed by atoms with Gasteiger partial charge in [-0.1, -0.05) is 33.6 Å². The summed E-state index contributed by atoms with van der Waals surface area (Å²) in [7, 11) is 3.41. The number of aliphatic imine (C=N–C) groups is 1. The minimum Gasteiger partial charge on any atom is -0.496 e. The van der Waals surface area contributed by atoms with Crippen LogP contribution in [0.1, 0.15) is 11.1 Å². The molecule has 2 rings (SSSR count). The number of benzene rings is 1. The maximum absolute atomic E-state index is 5.78. The molecule has 2 aromatic rings. The quantitative estimate of drug-likeness (QED) is 0.434. The Hall–Kier alpha value is -1.79. The predicted molar refractivity (Wildman–Crippen MR) is 102 cm³/mol. The highest BCUT2D eigenvalue weighted by molar-refractivity contribution is 9.10. The fourth-order valence-corrected chi connectivity index (χ4v) is 2.68. The average molecular weight is 412 g/mol. The van der Waals surface area contributed by atoms with E-state index in [1.165, 1.54) is 0 Å². The molecule has 2 N–H and O–H groups in total. The summed E-state index contributed by atoms with van der Waals surface area (Å²) in [4.78, 5) is 8.31. The second-order valence-electron chi connectivity index (χ2n) is 5.05. The lowest BCUT2D eigenvalue weighted by atomic mass is 10.2. The number of halogens is 2. The maximum Gasteiger partial charge on any atom is 0.191 e. The molecule has 0 atom stereocenters. The zero-order chi connectivity index (χ0) is 17.4. The van der Waals surface area contributed by atoms with Crippen LogP contribution in [0.4, 0.5) is 0 Å². The molecule has 0 saturated carbocycles. The van der Waals surface area contributed by atoms with Crippen molar-refractivity contribution in [2.45, 2.75) is 13.0 Å². The summed E-state index contributed by atoms with van der Waals surface area (Å²) in [5.74, 6) is 1.58. The molecule has 0 fully saturated rings. The number of methoxy groups -OCH3 is 1. The van der Waals surface area contributed by atoms with Crippen LogP contribution >= 0.6 is 27.5 Å². The number of guanidine groups is 1. The van der Waals surface area contributed by atoms with Gasteiger partial charge in [0.05, 0.1) is 7.11 Å². The predicted octanol–water partition coefficient (Wildman–Crippen LogP) is 3.41. The Labute approximate surface area is 155 Å². The first-order chi connectivity index (χ1) is 11.6. The fourth-order valence-electron chi connectivity index (χ4n) is 2.16. The van der Waals surface area contributed by atoms with E-state index in [2.05, 4.69) is 36.5 Å². The molecular weight excluding hydrogens is 392 g/mol. The highest BCUT2D eigenvalue weighted by Gasteiger charge is 2.05. The van der Waals surface area contributed by atoms with Gasteiger partial charge in [-0.05, 0) is 36.2 Å². The average Bonchev–Trinajstić information content (AvgIpc) is 2.59. The van der Waals surface area contributed by atoms with E-state index in [4.69, 9.17) is 16.3 Å². The van der Waals surface area contributed by atoms with Crippen molar-refractivity contribution in [1.29, 1.82) is 0 Å². The number of hydrogen-bond donors (Lipinski definition) is 2. The van der Waals surface area contributed by atoms with E-state index in [-0.39, 0.29) is 0 Å². The molecule has 7 heteroatoms. The van der Waals surface area contributed by atoms with Crippen LogP contribution in [0.2, 0.25) is 5.15 Å². The van der Waals surface area contributed by atoms with E-state index in [9.17, 15) is 0 Å². The Bertz CT molecular complexity index is 691. The third-order valence-electron chi connectivity index (χ3n) is 3.41. The van der Waals surface area contributed by atoms with E-state index in [0.29, 0.717) is 11.7 Å². The van der Waals surface area contributed by atoms with Crippen LogP contribution < -0.4 is 15.4 Å². The van der Waals surface area contributed by atoms with Gasteiger partial charge in [0.1, 0.15) is 10.9 Å². The highest BCUT2D eigenvalue weighted by Crippen LogP contribution is 2.22. The lowest BCUT2D eigenvalue weighted by molar-refractivity contribution is 0.409. The van der Waals surface area contributed by atoms with Crippen molar-refractivity contribution in [2.75, 3.05) is 20.7 Å². The topological polar surface area (TPSA) is 58.5 Å². The molecule has 128 valence electrons. The minimum atomic E-state index is 0.507. The van der Waals surface area contributed by atoms with Crippen molar-refractivity contribution in [3.63, 3.8) is 0 Å². The monoisotopic (exact) mass is 410 g/mol. The third-order valence-corrected chi connectivity index (χ3v) is 4.12. The number of nitrogens with zero attached hydrogens (tertiary/aromatic N) is 2. The molecule has 1 aromatic carbocycles. The molecule has 1 heterocycles. The van der Waals surface area contributed by atoms with Gasteiger partial charge >= 0.3 is 0 Å². The fraction of sp³-hybridized carbons (Fsp3) is 0.294. The van der Waals surface area contributed by atoms with Crippen molar-refractivity contribution >= 4 is 33.5 Å². The largest absolute Gasteiger partial charge is 0.496 e. The smallest absolute Gasteiger partial charge is 0.191 e. The summed E-state index contributed by atoms with van der Waals surface area (Å²) in [6, 6.07) is 9.68. The molecule has 1 aromatic heterocycles. The Morgan fingerprint density at radius 2 is 2.12 bits per heavy atom. The summed E-state index contributed by atoms with van der Waals surface area (Å²) in [6.07, 6.45) is 2.62. The summed E-state index contributed by atoms with van der Waals surface area (Å²) in [5.41, 5.74) is 2.17. The minimum absolute atomic E-state index is 0.507. The van der Waals surface area contributed by atoms with Crippen molar-refractivity contribution in [3.05, 3.63) is 57.3 Å². The third kappa shape index (κ3) is 5.69. The Kier molecular flexibility index (Phi) is 7.34. The molecule has 0 unspecified atom stereocenters. The number of rotatable bonds is 6. The Balaban J connectivity index is 1.84. The number of nitrogens with one attached hydrogen (secondary N) is 2. The van der Waals surface area contributed by atoms with Crippen LogP contribution in [0.25, 0.3) is 0 Å². The molecule has 5 nitrogen and oxygen atoms in total. The standard InChI is InChI=1S/C17H20BrClN4O/c1-20-17(21-8-7-12-3-6-16(19)22-10-12)23-11-13-9-14(18)4-5-15(13)24-2/h3-6,9-10H,7-8,11H2,1-2H3,(H2,20,21,23). The molecule has 24 heavy (non-hydrogen) atoms. The molecule has 0 aliphatic heterocycles. The zero-order valence-corrected chi connectivity index (χ0v) is 16.0. The van der Waals surface area contributed by atoms with Gasteiger partial charge in [-0.25, -0.2) is 4.98 Å². The Morgan fingerprint density at radius 1 is 1.29 bits per heavy atom. The lowest BCUT2D eigenvalue weighted by Crippen LogP contribution is -2.37. The van der Waals surface area contributed by atoms with Gasteiger partial charge in [0.25, 0.3) is 0 Å². The van der Waals surface area contributed by atoms with E-state index >= 15 is 0 Å². The summed E-state index contributed by atoms with van der Waals surface area (Å²) >= 11 is 9.26. The number of hydrogen-bond acceptors (Lipinski definition) is 3. The van der Waals surface area contributed by atoms with E-state index in [0.717, 1.165) is 40.3 Å². The van der Waals surface area contributed by atoms with Gasteiger partial charge in [0, 0.05) is 36.4 Å². The molecule has 0 bridgehead atoms. The van der Waals surface area contributed by atoms with E-state index in [1.807, 2.05) is 24.3 Å². The zero-order valence-electron chi connectivity index (χ0n) is 13.6. The van der Waals surface area contributed by atoms with Gasteiger partial charge in [0.15, 0.2) is 5.96 Å². The first-order valence-corrected chi connectivity index (χ1v) is 8.67. The summed E-state index contributed by atoms with van der Waals surface area (Å²) in [5, 5.41) is 7.07. The van der Waals surface area contributed by atoms with Crippen molar-refractivity contribution < 1.29 is 4.74 Å². The SMILES string of the molecule is CN=C(NCCc1ccc(Cl)nc1)NCc1cc(Br)ccc1OC. The molecule has 0 amide bonds. The van der Waals surface area contributed by atoms with Gasteiger partial charge < -0.3 is 15.4 Å². The van der Waals surface area contributed by atoms with Gasteiger partial charge in [-0.15, -0.1) is 0 Å². The normalized spacial score (nSPS) is 11.2. The number of pyridine rings is 1. The first-order valence-electron chi connectivity index (χ1n) is 7.49. The molecule has 0 aliphatic carbocycles. The van der Waals surface area contributed by atoms with Crippen LogP contribution in [0.3, 0.4) is 0 Å². The van der Waals surface area contributed by atoms with Crippen LogP contribution in [-0.4, -0.2) is 31.6 Å². The lowest BCUT2D eigenvalue weighted by Gasteiger charge is -2.14. The van der Waals surface area contributed by atoms with Gasteiger partial charge in [-0.3, -0.25) is 4.99 Å². The van der Waals surface area contributed by atoms with Crippen LogP contribution in [0, 0.1) is 0 Å². The highest BCUT2D eigenvalue weighted by atomic mass is 79.9. The molecule has 0 spiro atoms.